The van der Waals surface area contributed by atoms with Crippen LogP contribution in [0.4, 0.5) is 0 Å². The maximum atomic E-state index is 6.24. The average Bonchev–Trinajstić information content (AvgIpc) is 2.35. The standard InChI is InChI=1S/C14H22ClNO/c1-3-9-16-11-12(8-10-17-2)13-6-4-5-7-14(13)15/h4-7,12,16H,3,8-11H2,1-2H3. The minimum atomic E-state index is 0.426. The van der Waals surface area contributed by atoms with Gasteiger partial charge in [-0.15, -0.1) is 0 Å². The van der Waals surface area contributed by atoms with Crippen molar-refractivity contribution in [2.75, 3.05) is 26.8 Å². The van der Waals surface area contributed by atoms with E-state index in [1.165, 1.54) is 5.56 Å². The third-order valence-electron chi connectivity index (χ3n) is 2.83. The van der Waals surface area contributed by atoms with Crippen LogP contribution in [0.25, 0.3) is 0 Å². The van der Waals surface area contributed by atoms with Crippen LogP contribution >= 0.6 is 11.6 Å². The van der Waals surface area contributed by atoms with Crippen molar-refractivity contribution in [3.8, 4) is 0 Å². The number of nitrogens with one attached hydrogen (secondary N) is 1. The highest BCUT2D eigenvalue weighted by atomic mass is 35.5. The second-order valence-corrected chi connectivity index (χ2v) is 4.61. The van der Waals surface area contributed by atoms with Crippen LogP contribution in [0, 0.1) is 0 Å². The average molecular weight is 256 g/mol. The molecule has 0 bridgehead atoms. The lowest BCUT2D eigenvalue weighted by Gasteiger charge is -2.19. The predicted molar refractivity (Wildman–Crippen MR) is 73.8 cm³/mol. The first-order valence-electron chi connectivity index (χ1n) is 6.23. The van der Waals surface area contributed by atoms with Gasteiger partial charge >= 0.3 is 0 Å². The summed E-state index contributed by atoms with van der Waals surface area (Å²) in [5.41, 5.74) is 1.22. The molecule has 1 aromatic carbocycles. The van der Waals surface area contributed by atoms with Gasteiger partial charge in [0.05, 0.1) is 0 Å². The van der Waals surface area contributed by atoms with Gasteiger partial charge in [0.15, 0.2) is 0 Å². The van der Waals surface area contributed by atoms with Gasteiger partial charge in [0, 0.05) is 25.3 Å². The lowest BCUT2D eigenvalue weighted by molar-refractivity contribution is 0.187. The van der Waals surface area contributed by atoms with Gasteiger partial charge in [-0.1, -0.05) is 36.7 Å². The van der Waals surface area contributed by atoms with Gasteiger partial charge in [-0.3, -0.25) is 0 Å². The first-order valence-corrected chi connectivity index (χ1v) is 6.61. The Balaban J connectivity index is 2.64. The Morgan fingerprint density at radius 2 is 2.12 bits per heavy atom. The molecule has 3 heteroatoms. The molecule has 0 aromatic heterocycles. The van der Waals surface area contributed by atoms with Crippen LogP contribution < -0.4 is 5.32 Å². The second-order valence-electron chi connectivity index (χ2n) is 4.20. The van der Waals surface area contributed by atoms with Crippen molar-refractivity contribution in [3.05, 3.63) is 34.9 Å². The smallest absolute Gasteiger partial charge is 0.0468 e. The number of methoxy groups -OCH3 is 1. The highest BCUT2D eigenvalue weighted by Crippen LogP contribution is 2.26. The van der Waals surface area contributed by atoms with Crippen molar-refractivity contribution < 1.29 is 4.74 Å². The lowest BCUT2D eigenvalue weighted by atomic mass is 9.96. The molecule has 1 N–H and O–H groups in total. The molecule has 0 saturated heterocycles. The fourth-order valence-electron chi connectivity index (χ4n) is 1.89. The van der Waals surface area contributed by atoms with Crippen LogP contribution in [-0.4, -0.2) is 26.8 Å². The molecule has 1 aromatic rings. The first-order chi connectivity index (χ1) is 8.29. The Morgan fingerprint density at radius 1 is 1.35 bits per heavy atom. The van der Waals surface area contributed by atoms with Crippen LogP contribution in [0.5, 0.6) is 0 Å². The summed E-state index contributed by atoms with van der Waals surface area (Å²) in [5, 5.41) is 4.31. The van der Waals surface area contributed by atoms with Crippen LogP contribution in [0.3, 0.4) is 0 Å². The van der Waals surface area contributed by atoms with E-state index in [0.717, 1.165) is 37.6 Å². The first kappa shape index (κ1) is 14.5. The van der Waals surface area contributed by atoms with Crippen molar-refractivity contribution in [3.63, 3.8) is 0 Å². The van der Waals surface area contributed by atoms with Crippen LogP contribution in [0.15, 0.2) is 24.3 Å². The summed E-state index contributed by atoms with van der Waals surface area (Å²) in [6.45, 7) is 4.95. The molecule has 1 unspecified atom stereocenters. The molecule has 0 radical (unpaired) electrons. The predicted octanol–water partition coefficient (Wildman–Crippen LogP) is 3.46. The van der Waals surface area contributed by atoms with Gasteiger partial charge in [0.1, 0.15) is 0 Å². The summed E-state index contributed by atoms with van der Waals surface area (Å²) in [5.74, 6) is 0.426. The molecule has 0 heterocycles. The molecule has 1 rings (SSSR count). The van der Waals surface area contributed by atoms with Crippen LogP contribution in [0.2, 0.25) is 5.02 Å². The number of rotatable bonds is 8. The van der Waals surface area contributed by atoms with Gasteiger partial charge < -0.3 is 10.1 Å². The Labute approximate surface area is 109 Å². The largest absolute Gasteiger partial charge is 0.385 e. The van der Waals surface area contributed by atoms with Gasteiger partial charge in [-0.05, 0) is 36.9 Å². The van der Waals surface area contributed by atoms with Gasteiger partial charge in [0.2, 0.25) is 0 Å². The zero-order valence-electron chi connectivity index (χ0n) is 10.7. The zero-order chi connectivity index (χ0) is 12.5. The Morgan fingerprint density at radius 3 is 2.76 bits per heavy atom. The Hall–Kier alpha value is -0.570. The molecule has 0 spiro atoms. The third kappa shape index (κ3) is 5.07. The molecular weight excluding hydrogens is 234 g/mol. The third-order valence-corrected chi connectivity index (χ3v) is 3.18. The summed E-state index contributed by atoms with van der Waals surface area (Å²) in [7, 11) is 1.74. The minimum absolute atomic E-state index is 0.426. The van der Waals surface area contributed by atoms with E-state index in [9.17, 15) is 0 Å². The van der Waals surface area contributed by atoms with Gasteiger partial charge in [-0.2, -0.15) is 0 Å². The van der Waals surface area contributed by atoms with E-state index in [-0.39, 0.29) is 0 Å². The molecule has 2 nitrogen and oxygen atoms in total. The van der Waals surface area contributed by atoms with Crippen LogP contribution in [-0.2, 0) is 4.74 Å². The highest BCUT2D eigenvalue weighted by Gasteiger charge is 2.13. The quantitative estimate of drug-likeness (QED) is 0.719. The van der Waals surface area contributed by atoms with E-state index in [1.807, 2.05) is 18.2 Å². The summed E-state index contributed by atoms with van der Waals surface area (Å²) in [6, 6.07) is 8.08. The van der Waals surface area contributed by atoms with E-state index >= 15 is 0 Å². The Kier molecular flexibility index (Phi) is 7.25. The molecule has 0 aliphatic rings. The van der Waals surface area contributed by atoms with Gasteiger partial charge in [-0.25, -0.2) is 0 Å². The molecule has 0 saturated carbocycles. The number of halogens is 1. The van der Waals surface area contributed by atoms with Crippen molar-refractivity contribution >= 4 is 11.6 Å². The van der Waals surface area contributed by atoms with Crippen molar-refractivity contribution in [1.29, 1.82) is 0 Å². The molecular formula is C14H22ClNO. The lowest BCUT2D eigenvalue weighted by Crippen LogP contribution is -2.23. The van der Waals surface area contributed by atoms with Crippen molar-refractivity contribution in [2.24, 2.45) is 0 Å². The topological polar surface area (TPSA) is 21.3 Å². The normalized spacial score (nSPS) is 12.6. The maximum Gasteiger partial charge on any atom is 0.0468 e. The van der Waals surface area contributed by atoms with Gasteiger partial charge in [0.25, 0.3) is 0 Å². The Bertz CT molecular complexity index is 317. The van der Waals surface area contributed by atoms with E-state index < -0.39 is 0 Å². The number of hydrogen-bond donors (Lipinski definition) is 1. The monoisotopic (exact) mass is 255 g/mol. The molecule has 0 amide bonds. The van der Waals surface area contributed by atoms with E-state index in [2.05, 4.69) is 18.3 Å². The summed E-state index contributed by atoms with van der Waals surface area (Å²) in [6.07, 6.45) is 2.15. The fraction of sp³-hybridized carbons (Fsp3) is 0.571. The molecule has 17 heavy (non-hydrogen) atoms. The minimum Gasteiger partial charge on any atom is -0.385 e. The molecule has 0 aliphatic heterocycles. The fourth-order valence-corrected chi connectivity index (χ4v) is 2.18. The number of hydrogen-bond acceptors (Lipinski definition) is 2. The SMILES string of the molecule is CCCNCC(CCOC)c1ccccc1Cl. The maximum absolute atomic E-state index is 6.24. The van der Waals surface area contributed by atoms with Crippen molar-refractivity contribution in [2.45, 2.75) is 25.7 Å². The summed E-state index contributed by atoms with van der Waals surface area (Å²) >= 11 is 6.24. The molecule has 96 valence electrons. The molecule has 1 atom stereocenters. The second kappa shape index (κ2) is 8.51. The van der Waals surface area contributed by atoms with E-state index in [4.69, 9.17) is 16.3 Å². The summed E-state index contributed by atoms with van der Waals surface area (Å²) < 4.78 is 5.17. The van der Waals surface area contributed by atoms with Crippen molar-refractivity contribution in [1.82, 2.24) is 5.32 Å². The molecule has 0 aliphatic carbocycles. The summed E-state index contributed by atoms with van der Waals surface area (Å²) in [4.78, 5) is 0. The van der Waals surface area contributed by atoms with E-state index in [0.29, 0.717) is 5.92 Å². The van der Waals surface area contributed by atoms with Crippen LogP contribution in [0.1, 0.15) is 31.2 Å². The molecule has 0 fully saturated rings. The number of ether oxygens (including phenoxy) is 1. The highest BCUT2D eigenvalue weighted by molar-refractivity contribution is 6.31. The van der Waals surface area contributed by atoms with E-state index in [1.54, 1.807) is 7.11 Å². The zero-order valence-corrected chi connectivity index (χ0v) is 11.5. The number of benzene rings is 1.